The van der Waals surface area contributed by atoms with Crippen LogP contribution in [0.15, 0.2) is 51.4 Å². The van der Waals surface area contributed by atoms with Crippen molar-refractivity contribution in [3.8, 4) is 5.95 Å². The maximum Gasteiger partial charge on any atom is 0.301 e. The summed E-state index contributed by atoms with van der Waals surface area (Å²) in [5.74, 6) is 0.171. The van der Waals surface area contributed by atoms with Gasteiger partial charge in [0, 0.05) is 5.69 Å². The molecule has 1 aromatic carbocycles. The summed E-state index contributed by atoms with van der Waals surface area (Å²) in [6.07, 6.45) is 0. The van der Waals surface area contributed by atoms with Gasteiger partial charge in [-0.15, -0.1) is 5.11 Å². The van der Waals surface area contributed by atoms with E-state index in [2.05, 4.69) is 25.3 Å². The zero-order valence-corrected chi connectivity index (χ0v) is 13.2. The molecule has 0 fully saturated rings. The Labute approximate surface area is 136 Å². The SMILES string of the molecule is Cc1cc(Cl)nc(-n2[nH]c(C)c(N=Nc3ccccc3)c2=O)n1. The van der Waals surface area contributed by atoms with Gasteiger partial charge >= 0.3 is 5.56 Å². The Morgan fingerprint density at radius 3 is 2.57 bits per heavy atom. The highest BCUT2D eigenvalue weighted by molar-refractivity contribution is 6.29. The molecule has 3 aromatic rings. The Morgan fingerprint density at radius 1 is 1.13 bits per heavy atom. The Kier molecular flexibility index (Phi) is 4.03. The summed E-state index contributed by atoms with van der Waals surface area (Å²) in [5, 5.41) is 11.3. The first-order chi connectivity index (χ1) is 11.0. The lowest BCUT2D eigenvalue weighted by atomic mass is 10.3. The summed E-state index contributed by atoms with van der Waals surface area (Å²) in [7, 11) is 0. The van der Waals surface area contributed by atoms with E-state index in [1.165, 1.54) is 4.68 Å². The molecule has 3 rings (SSSR count). The number of rotatable bonds is 3. The molecular weight excluding hydrogens is 316 g/mol. The lowest BCUT2D eigenvalue weighted by Crippen LogP contribution is -2.17. The molecule has 0 radical (unpaired) electrons. The van der Waals surface area contributed by atoms with Crippen LogP contribution in [0.2, 0.25) is 5.15 Å². The fourth-order valence-corrected chi connectivity index (χ4v) is 2.25. The second-order valence-corrected chi connectivity index (χ2v) is 5.28. The highest BCUT2D eigenvalue weighted by Crippen LogP contribution is 2.18. The van der Waals surface area contributed by atoms with E-state index in [1.807, 2.05) is 18.2 Å². The molecule has 1 N–H and O–H groups in total. The molecule has 0 aliphatic carbocycles. The van der Waals surface area contributed by atoms with Crippen molar-refractivity contribution >= 4 is 23.0 Å². The number of aryl methyl sites for hydroxylation is 2. The molecule has 8 heteroatoms. The van der Waals surface area contributed by atoms with Crippen LogP contribution in [-0.2, 0) is 0 Å². The normalized spacial score (nSPS) is 11.3. The molecule has 0 atom stereocenters. The average molecular weight is 329 g/mol. The molecule has 23 heavy (non-hydrogen) atoms. The van der Waals surface area contributed by atoms with Gasteiger partial charge in [0.1, 0.15) is 5.15 Å². The zero-order chi connectivity index (χ0) is 16.4. The molecule has 116 valence electrons. The molecule has 7 nitrogen and oxygen atoms in total. The molecule has 2 heterocycles. The highest BCUT2D eigenvalue weighted by atomic mass is 35.5. The first kappa shape index (κ1) is 15.1. The molecule has 0 aliphatic rings. The number of hydrogen-bond donors (Lipinski definition) is 1. The maximum atomic E-state index is 12.5. The number of benzene rings is 1. The largest absolute Gasteiger partial charge is 0.301 e. The summed E-state index contributed by atoms with van der Waals surface area (Å²) < 4.78 is 1.20. The Morgan fingerprint density at radius 2 is 1.87 bits per heavy atom. The van der Waals surface area contributed by atoms with Gasteiger partial charge in [0.15, 0.2) is 5.69 Å². The van der Waals surface area contributed by atoms with E-state index < -0.39 is 0 Å². The van der Waals surface area contributed by atoms with Crippen molar-refractivity contribution < 1.29 is 0 Å². The zero-order valence-electron chi connectivity index (χ0n) is 12.5. The van der Waals surface area contributed by atoms with Crippen LogP contribution in [0, 0.1) is 13.8 Å². The second-order valence-electron chi connectivity index (χ2n) is 4.89. The average Bonchev–Trinajstić information content (AvgIpc) is 2.80. The number of nitrogens with one attached hydrogen (secondary N) is 1. The van der Waals surface area contributed by atoms with Crippen LogP contribution >= 0.6 is 11.6 Å². The number of nitrogens with zero attached hydrogens (tertiary/aromatic N) is 5. The number of azo groups is 1. The first-order valence-electron chi connectivity index (χ1n) is 6.84. The van der Waals surface area contributed by atoms with Gasteiger partial charge in [-0.1, -0.05) is 29.8 Å². The van der Waals surface area contributed by atoms with E-state index in [0.29, 0.717) is 17.1 Å². The van der Waals surface area contributed by atoms with Crippen LogP contribution in [0.4, 0.5) is 11.4 Å². The van der Waals surface area contributed by atoms with Gasteiger partial charge in [-0.2, -0.15) is 14.8 Å². The molecular formula is C15H13ClN6O. The predicted molar refractivity (Wildman–Crippen MR) is 87.1 cm³/mol. The minimum Gasteiger partial charge on any atom is -0.290 e. The summed E-state index contributed by atoms with van der Waals surface area (Å²) in [5.41, 5.74) is 1.70. The lowest BCUT2D eigenvalue weighted by Gasteiger charge is -2.01. The smallest absolute Gasteiger partial charge is 0.290 e. The fourth-order valence-electron chi connectivity index (χ4n) is 2.01. The molecule has 0 saturated carbocycles. The second kappa shape index (κ2) is 6.13. The summed E-state index contributed by atoms with van der Waals surface area (Å²) in [6.45, 7) is 3.50. The van der Waals surface area contributed by atoms with E-state index in [4.69, 9.17) is 11.6 Å². The van der Waals surface area contributed by atoms with Gasteiger partial charge in [-0.3, -0.25) is 9.89 Å². The predicted octanol–water partition coefficient (Wildman–Crippen LogP) is 3.64. The standard InChI is InChI=1S/C15H13ClN6O/c1-9-8-12(16)18-15(17-9)22-14(23)13(10(2)21-22)20-19-11-6-4-3-5-7-11/h3-8,21H,1-2H3. The molecule has 2 aromatic heterocycles. The van der Waals surface area contributed by atoms with Crippen molar-refractivity contribution in [3.63, 3.8) is 0 Å². The third-order valence-corrected chi connectivity index (χ3v) is 3.27. The number of hydrogen-bond acceptors (Lipinski definition) is 5. The Balaban J connectivity index is 2.03. The van der Waals surface area contributed by atoms with Crippen molar-refractivity contribution in [2.24, 2.45) is 10.2 Å². The van der Waals surface area contributed by atoms with Crippen LogP contribution in [0.25, 0.3) is 5.95 Å². The highest BCUT2D eigenvalue weighted by Gasteiger charge is 2.14. The Bertz CT molecular complexity index is 909. The summed E-state index contributed by atoms with van der Waals surface area (Å²) in [4.78, 5) is 20.7. The van der Waals surface area contributed by atoms with Crippen LogP contribution in [0.1, 0.15) is 11.4 Å². The fraction of sp³-hybridized carbons (Fsp3) is 0.133. The third kappa shape index (κ3) is 3.19. The van der Waals surface area contributed by atoms with E-state index in [-0.39, 0.29) is 22.3 Å². The topological polar surface area (TPSA) is 88.3 Å². The van der Waals surface area contributed by atoms with E-state index in [9.17, 15) is 4.79 Å². The van der Waals surface area contributed by atoms with Crippen molar-refractivity contribution in [2.45, 2.75) is 13.8 Å². The summed E-state index contributed by atoms with van der Waals surface area (Å²) >= 11 is 5.92. The van der Waals surface area contributed by atoms with Gasteiger partial charge in [0.2, 0.25) is 0 Å². The molecule has 0 spiro atoms. The first-order valence-corrected chi connectivity index (χ1v) is 7.22. The third-order valence-electron chi connectivity index (χ3n) is 3.07. The number of halogens is 1. The van der Waals surface area contributed by atoms with Gasteiger partial charge in [-0.05, 0) is 32.0 Å². The van der Waals surface area contributed by atoms with Crippen molar-refractivity contribution in [1.82, 2.24) is 19.7 Å². The van der Waals surface area contributed by atoms with Gasteiger partial charge in [0.25, 0.3) is 5.95 Å². The number of aromatic amines is 1. The Hall–Kier alpha value is -2.80. The monoisotopic (exact) mass is 328 g/mol. The minimum absolute atomic E-state index is 0.171. The van der Waals surface area contributed by atoms with E-state index in [1.54, 1.807) is 32.0 Å². The maximum absolute atomic E-state index is 12.5. The molecule has 0 unspecified atom stereocenters. The number of aromatic nitrogens is 4. The van der Waals surface area contributed by atoms with Crippen LogP contribution in [0.3, 0.4) is 0 Å². The summed E-state index contributed by atoms with van der Waals surface area (Å²) in [6, 6.07) is 10.8. The molecule has 0 saturated heterocycles. The number of H-pyrrole nitrogens is 1. The lowest BCUT2D eigenvalue weighted by molar-refractivity contribution is 0.769. The molecule has 0 aliphatic heterocycles. The minimum atomic E-state index is -0.385. The van der Waals surface area contributed by atoms with Gasteiger partial charge < -0.3 is 0 Å². The van der Waals surface area contributed by atoms with Crippen molar-refractivity contribution in [2.75, 3.05) is 0 Å². The molecule has 0 amide bonds. The van der Waals surface area contributed by atoms with Crippen molar-refractivity contribution in [1.29, 1.82) is 0 Å². The molecule has 0 bridgehead atoms. The van der Waals surface area contributed by atoms with E-state index >= 15 is 0 Å². The van der Waals surface area contributed by atoms with Crippen LogP contribution in [-0.4, -0.2) is 19.7 Å². The van der Waals surface area contributed by atoms with Crippen LogP contribution in [0.5, 0.6) is 0 Å². The van der Waals surface area contributed by atoms with Gasteiger partial charge in [-0.25, -0.2) is 4.98 Å². The van der Waals surface area contributed by atoms with E-state index in [0.717, 1.165) is 0 Å². The van der Waals surface area contributed by atoms with Crippen LogP contribution < -0.4 is 5.56 Å². The van der Waals surface area contributed by atoms with Gasteiger partial charge in [0.05, 0.1) is 11.4 Å². The quantitative estimate of drug-likeness (QED) is 0.588. The van der Waals surface area contributed by atoms with Crippen molar-refractivity contribution in [3.05, 3.63) is 63.3 Å².